The Bertz CT molecular complexity index is 736. The lowest BCUT2D eigenvalue weighted by Crippen LogP contribution is -1.93. The van der Waals surface area contributed by atoms with Crippen LogP contribution in [-0.2, 0) is 0 Å². The smallest absolute Gasteiger partial charge is 0.0871 e. The first-order valence-electron chi connectivity index (χ1n) is 5.91. The fourth-order valence-corrected chi connectivity index (χ4v) is 2.23. The van der Waals surface area contributed by atoms with Gasteiger partial charge in [-0.3, -0.25) is 9.97 Å². The Morgan fingerprint density at radius 1 is 0.842 bits per heavy atom. The summed E-state index contributed by atoms with van der Waals surface area (Å²) in [5.41, 5.74) is 3.52. The molecule has 4 heteroatoms. The molecular weight excluding hydrogens is 254 g/mol. The molecule has 0 bridgehead atoms. The van der Waals surface area contributed by atoms with Gasteiger partial charge in [-0.05, 0) is 30.3 Å². The molecule has 1 N–H and O–H groups in total. The Hall–Kier alpha value is -2.33. The van der Waals surface area contributed by atoms with Crippen LogP contribution < -0.4 is 0 Å². The van der Waals surface area contributed by atoms with Crippen molar-refractivity contribution in [3.8, 4) is 22.6 Å². The van der Waals surface area contributed by atoms with Crippen LogP contribution in [0.1, 0.15) is 0 Å². The number of aromatic amines is 1. The van der Waals surface area contributed by atoms with Crippen molar-refractivity contribution in [3.63, 3.8) is 0 Å². The van der Waals surface area contributed by atoms with Crippen molar-refractivity contribution in [2.75, 3.05) is 0 Å². The molecule has 92 valence electrons. The maximum absolute atomic E-state index is 5.43. The molecule has 0 atom stereocenters. The van der Waals surface area contributed by atoms with E-state index in [0.29, 0.717) is 0 Å². The van der Waals surface area contributed by atoms with Crippen LogP contribution in [0.5, 0.6) is 0 Å². The van der Waals surface area contributed by atoms with Gasteiger partial charge in [-0.15, -0.1) is 0 Å². The molecular formula is C15H11N3S. The molecule has 0 aliphatic carbocycles. The molecule has 3 rings (SSSR count). The number of aromatic nitrogens is 3. The van der Waals surface area contributed by atoms with E-state index in [2.05, 4.69) is 15.0 Å². The third-order valence-electron chi connectivity index (χ3n) is 2.80. The van der Waals surface area contributed by atoms with Crippen LogP contribution in [0.4, 0.5) is 0 Å². The fourth-order valence-electron chi connectivity index (χ4n) is 1.96. The molecule has 19 heavy (non-hydrogen) atoms. The zero-order chi connectivity index (χ0) is 13.1. The number of pyridine rings is 3. The van der Waals surface area contributed by atoms with E-state index in [9.17, 15) is 0 Å². The summed E-state index contributed by atoms with van der Waals surface area (Å²) in [6.07, 6.45) is 5.36. The molecule has 0 unspecified atom stereocenters. The van der Waals surface area contributed by atoms with Crippen molar-refractivity contribution in [3.05, 3.63) is 65.6 Å². The minimum absolute atomic E-state index is 0.762. The lowest BCUT2D eigenvalue weighted by Gasteiger charge is -2.08. The van der Waals surface area contributed by atoms with E-state index in [4.69, 9.17) is 12.2 Å². The van der Waals surface area contributed by atoms with Crippen LogP contribution in [0, 0.1) is 4.51 Å². The summed E-state index contributed by atoms with van der Waals surface area (Å²) >= 11 is 5.43. The summed E-state index contributed by atoms with van der Waals surface area (Å²) in [7, 11) is 0. The SMILES string of the molecule is S=c1cc[nH]c(-c2ccccn2)c1-c1ccccn1. The molecule has 0 aromatic carbocycles. The van der Waals surface area contributed by atoms with Crippen molar-refractivity contribution in [2.24, 2.45) is 0 Å². The number of rotatable bonds is 2. The largest absolute Gasteiger partial charge is 0.359 e. The highest BCUT2D eigenvalue weighted by atomic mass is 32.1. The molecule has 0 radical (unpaired) electrons. The summed E-state index contributed by atoms with van der Waals surface area (Å²) in [6.45, 7) is 0. The van der Waals surface area contributed by atoms with Crippen molar-refractivity contribution in [1.82, 2.24) is 15.0 Å². The topological polar surface area (TPSA) is 41.6 Å². The van der Waals surface area contributed by atoms with Crippen LogP contribution in [-0.4, -0.2) is 15.0 Å². The molecule has 3 nitrogen and oxygen atoms in total. The van der Waals surface area contributed by atoms with Crippen molar-refractivity contribution in [2.45, 2.75) is 0 Å². The summed E-state index contributed by atoms with van der Waals surface area (Å²) < 4.78 is 0.762. The standard InChI is InChI=1S/C15H11N3S/c19-13-7-10-18-15(12-6-2-4-9-17-12)14(13)11-5-1-3-8-16-11/h1-10H,(H,18,19). The van der Waals surface area contributed by atoms with Gasteiger partial charge in [0.2, 0.25) is 0 Å². The minimum atomic E-state index is 0.762. The van der Waals surface area contributed by atoms with E-state index in [-0.39, 0.29) is 0 Å². The fraction of sp³-hybridized carbons (Fsp3) is 0. The quantitative estimate of drug-likeness (QED) is 0.715. The minimum Gasteiger partial charge on any atom is -0.359 e. The van der Waals surface area contributed by atoms with Gasteiger partial charge in [0.15, 0.2) is 0 Å². The summed E-state index contributed by atoms with van der Waals surface area (Å²) in [5.74, 6) is 0. The highest BCUT2D eigenvalue weighted by Gasteiger charge is 2.10. The van der Waals surface area contributed by atoms with Gasteiger partial charge in [0, 0.05) is 24.2 Å². The second-order valence-electron chi connectivity index (χ2n) is 4.02. The maximum Gasteiger partial charge on any atom is 0.0871 e. The average molecular weight is 265 g/mol. The van der Waals surface area contributed by atoms with E-state index in [1.54, 1.807) is 12.4 Å². The first-order chi connectivity index (χ1) is 9.36. The van der Waals surface area contributed by atoms with Crippen LogP contribution in [0.15, 0.2) is 61.1 Å². The van der Waals surface area contributed by atoms with Crippen LogP contribution >= 0.6 is 12.2 Å². The molecule has 0 fully saturated rings. The normalized spacial score (nSPS) is 10.3. The average Bonchev–Trinajstić information content (AvgIpc) is 2.49. The van der Waals surface area contributed by atoms with Crippen molar-refractivity contribution in [1.29, 1.82) is 0 Å². The monoisotopic (exact) mass is 265 g/mol. The first-order valence-corrected chi connectivity index (χ1v) is 6.31. The third kappa shape index (κ3) is 2.30. The summed E-state index contributed by atoms with van der Waals surface area (Å²) in [5, 5.41) is 0. The molecule has 0 amide bonds. The van der Waals surface area contributed by atoms with Gasteiger partial charge < -0.3 is 4.98 Å². The summed E-state index contributed by atoms with van der Waals surface area (Å²) in [4.78, 5) is 12.0. The van der Waals surface area contributed by atoms with E-state index in [1.807, 2.05) is 48.7 Å². The zero-order valence-electron chi connectivity index (χ0n) is 10.1. The molecule has 3 aromatic rings. The number of hydrogen-bond acceptors (Lipinski definition) is 3. The molecule has 0 aliphatic rings. The number of H-pyrrole nitrogens is 1. The van der Waals surface area contributed by atoms with Gasteiger partial charge in [-0.1, -0.05) is 24.4 Å². The summed E-state index contributed by atoms with van der Waals surface area (Å²) in [6, 6.07) is 13.5. The van der Waals surface area contributed by atoms with Crippen molar-refractivity contribution >= 4 is 12.2 Å². The third-order valence-corrected chi connectivity index (χ3v) is 3.14. The zero-order valence-corrected chi connectivity index (χ0v) is 10.9. The predicted octanol–water partition coefficient (Wildman–Crippen LogP) is 3.87. The van der Waals surface area contributed by atoms with Gasteiger partial charge in [-0.2, -0.15) is 0 Å². The lowest BCUT2D eigenvalue weighted by atomic mass is 10.1. The van der Waals surface area contributed by atoms with Crippen molar-refractivity contribution < 1.29 is 0 Å². The second kappa shape index (κ2) is 5.12. The second-order valence-corrected chi connectivity index (χ2v) is 4.46. The first kappa shape index (κ1) is 11.7. The van der Waals surface area contributed by atoms with E-state index in [0.717, 1.165) is 27.2 Å². The Morgan fingerprint density at radius 3 is 2.16 bits per heavy atom. The van der Waals surface area contributed by atoms with E-state index < -0.39 is 0 Å². The highest BCUT2D eigenvalue weighted by Crippen LogP contribution is 2.28. The molecule has 0 saturated carbocycles. The Labute approximate surface area is 116 Å². The number of hydrogen-bond donors (Lipinski definition) is 1. The maximum atomic E-state index is 5.43. The van der Waals surface area contributed by atoms with Gasteiger partial charge in [0.25, 0.3) is 0 Å². The van der Waals surface area contributed by atoms with Crippen LogP contribution in [0.25, 0.3) is 22.6 Å². The molecule has 0 saturated heterocycles. The molecule has 0 aliphatic heterocycles. The lowest BCUT2D eigenvalue weighted by molar-refractivity contribution is 1.23. The van der Waals surface area contributed by atoms with Gasteiger partial charge >= 0.3 is 0 Å². The Balaban J connectivity index is 2.28. The molecule has 3 aromatic heterocycles. The molecule has 0 spiro atoms. The van der Waals surface area contributed by atoms with Gasteiger partial charge in [0.1, 0.15) is 0 Å². The van der Waals surface area contributed by atoms with Gasteiger partial charge in [-0.25, -0.2) is 0 Å². The van der Waals surface area contributed by atoms with Gasteiger partial charge in [0.05, 0.1) is 21.6 Å². The predicted molar refractivity (Wildman–Crippen MR) is 78.1 cm³/mol. The highest BCUT2D eigenvalue weighted by molar-refractivity contribution is 7.71. The Morgan fingerprint density at radius 2 is 1.53 bits per heavy atom. The Kier molecular flexibility index (Phi) is 3.16. The van der Waals surface area contributed by atoms with E-state index in [1.165, 1.54) is 0 Å². The van der Waals surface area contributed by atoms with Crippen LogP contribution in [0.3, 0.4) is 0 Å². The number of nitrogens with one attached hydrogen (secondary N) is 1. The number of nitrogens with zero attached hydrogens (tertiary/aromatic N) is 2. The molecule has 3 heterocycles. The van der Waals surface area contributed by atoms with E-state index >= 15 is 0 Å². The van der Waals surface area contributed by atoms with Crippen LogP contribution in [0.2, 0.25) is 0 Å².